The number of hydrogen-bond acceptors (Lipinski definition) is 4. The van der Waals surface area contributed by atoms with Crippen molar-refractivity contribution in [3.8, 4) is 0 Å². The Morgan fingerprint density at radius 2 is 2.17 bits per heavy atom. The van der Waals surface area contributed by atoms with Crippen LogP contribution >= 0.6 is 24.0 Å². The molecule has 8 heteroatoms. The van der Waals surface area contributed by atoms with E-state index in [1.807, 2.05) is 0 Å². The van der Waals surface area contributed by atoms with Crippen LogP contribution in [0.1, 0.15) is 19.3 Å². The van der Waals surface area contributed by atoms with Gasteiger partial charge in [-0.25, -0.2) is 0 Å². The third-order valence-corrected chi connectivity index (χ3v) is 4.39. The number of benzene rings is 1. The summed E-state index contributed by atoms with van der Waals surface area (Å²) in [5.74, 6) is -2.41. The van der Waals surface area contributed by atoms with Crippen molar-refractivity contribution in [3.63, 3.8) is 0 Å². The van der Waals surface area contributed by atoms with E-state index in [1.165, 1.54) is 0 Å². The van der Waals surface area contributed by atoms with E-state index in [9.17, 15) is 8.78 Å². The Kier molecular flexibility index (Phi) is 8.72. The van der Waals surface area contributed by atoms with E-state index >= 15 is 0 Å². The molecular formula is C16H22F2N2O2S2. The summed E-state index contributed by atoms with van der Waals surface area (Å²) in [6, 6.07) is 6.73. The zero-order valence-electron chi connectivity index (χ0n) is 13.3. The fourth-order valence-electron chi connectivity index (χ4n) is 2.26. The lowest BCUT2D eigenvalue weighted by atomic mass is 10.2. The van der Waals surface area contributed by atoms with Gasteiger partial charge in [-0.3, -0.25) is 0 Å². The van der Waals surface area contributed by atoms with Crippen molar-refractivity contribution >= 4 is 34.8 Å². The lowest BCUT2D eigenvalue weighted by Gasteiger charge is -2.12. The number of ether oxygens (including phenoxy) is 2. The van der Waals surface area contributed by atoms with Crippen LogP contribution in [0.5, 0.6) is 0 Å². The van der Waals surface area contributed by atoms with E-state index in [1.54, 1.807) is 24.3 Å². The first kappa shape index (κ1) is 19.4. The zero-order chi connectivity index (χ0) is 17.2. The van der Waals surface area contributed by atoms with Crippen molar-refractivity contribution in [1.29, 1.82) is 0 Å². The smallest absolute Gasteiger partial charge is 0.288 e. The Bertz CT molecular complexity index is 497. The average Bonchev–Trinajstić information content (AvgIpc) is 3.05. The molecule has 0 aromatic heterocycles. The van der Waals surface area contributed by atoms with Crippen LogP contribution < -0.4 is 10.6 Å². The van der Waals surface area contributed by atoms with Crippen molar-refractivity contribution in [1.82, 2.24) is 5.32 Å². The number of hydrogen-bond donors (Lipinski definition) is 2. The summed E-state index contributed by atoms with van der Waals surface area (Å²) < 4.78 is 35.5. The van der Waals surface area contributed by atoms with Crippen molar-refractivity contribution in [3.05, 3.63) is 24.3 Å². The van der Waals surface area contributed by atoms with Gasteiger partial charge < -0.3 is 20.1 Å². The minimum Gasteiger partial charge on any atom is -0.379 e. The van der Waals surface area contributed by atoms with Crippen LogP contribution in [-0.4, -0.2) is 43.3 Å². The molecule has 24 heavy (non-hydrogen) atoms. The van der Waals surface area contributed by atoms with Crippen LogP contribution in [0.3, 0.4) is 0 Å². The Balaban J connectivity index is 1.54. The van der Waals surface area contributed by atoms with Crippen LogP contribution in [0.15, 0.2) is 29.2 Å². The van der Waals surface area contributed by atoms with Crippen LogP contribution in [0.2, 0.25) is 0 Å². The number of rotatable bonds is 9. The summed E-state index contributed by atoms with van der Waals surface area (Å²) in [6.07, 6.45) is 3.31. The molecule has 0 saturated carbocycles. The van der Waals surface area contributed by atoms with E-state index in [4.69, 9.17) is 21.7 Å². The third-order valence-electron chi connectivity index (χ3n) is 3.42. The van der Waals surface area contributed by atoms with Gasteiger partial charge in [0, 0.05) is 30.3 Å². The fourth-order valence-corrected chi connectivity index (χ4v) is 2.98. The molecule has 2 N–H and O–H groups in total. The van der Waals surface area contributed by atoms with Crippen molar-refractivity contribution in [2.24, 2.45) is 0 Å². The molecule has 1 saturated heterocycles. The normalized spacial score (nSPS) is 17.2. The third kappa shape index (κ3) is 7.74. The highest BCUT2D eigenvalue weighted by atomic mass is 32.2. The highest BCUT2D eigenvalue weighted by Gasteiger charge is 2.14. The van der Waals surface area contributed by atoms with Crippen LogP contribution in [-0.2, 0) is 9.47 Å². The Hall–Kier alpha value is -0.960. The Labute approximate surface area is 150 Å². The Morgan fingerprint density at radius 1 is 1.38 bits per heavy atom. The standard InChI is InChI=1S/C16H22F2N2O2S2/c17-15(18)24-14-6-4-12(5-7-14)20-16(23)19-8-2-9-21-11-13-3-1-10-22-13/h4-7,13,15H,1-3,8-11H2,(H2,19,20,23)/t13-/m1/s1. The maximum Gasteiger partial charge on any atom is 0.288 e. The van der Waals surface area contributed by atoms with Crippen molar-refractivity contribution in [2.45, 2.75) is 36.0 Å². The molecule has 2 rings (SSSR count). The van der Waals surface area contributed by atoms with E-state index in [-0.39, 0.29) is 6.10 Å². The molecule has 4 nitrogen and oxygen atoms in total. The van der Waals surface area contributed by atoms with Crippen LogP contribution in [0, 0.1) is 0 Å². The van der Waals surface area contributed by atoms with Gasteiger partial charge >= 0.3 is 0 Å². The highest BCUT2D eigenvalue weighted by Crippen LogP contribution is 2.26. The van der Waals surface area contributed by atoms with Crippen molar-refractivity contribution < 1.29 is 18.3 Å². The maximum atomic E-state index is 12.2. The minimum atomic E-state index is -2.41. The molecule has 0 aliphatic carbocycles. The van der Waals surface area contributed by atoms with Gasteiger partial charge in [-0.2, -0.15) is 8.78 Å². The number of alkyl halides is 2. The lowest BCUT2D eigenvalue weighted by Crippen LogP contribution is -2.30. The quantitative estimate of drug-likeness (QED) is 0.387. The van der Waals surface area contributed by atoms with Gasteiger partial charge in [0.1, 0.15) is 0 Å². The summed E-state index contributed by atoms with van der Waals surface area (Å²) in [6.45, 7) is 2.87. The molecule has 1 aromatic carbocycles. The first-order valence-corrected chi connectivity index (χ1v) is 9.21. The molecule has 0 spiro atoms. The minimum absolute atomic E-state index is 0.256. The summed E-state index contributed by atoms with van der Waals surface area (Å²) in [4.78, 5) is 0.526. The predicted molar refractivity (Wildman–Crippen MR) is 96.9 cm³/mol. The molecule has 0 bridgehead atoms. The number of nitrogens with one attached hydrogen (secondary N) is 2. The summed E-state index contributed by atoms with van der Waals surface area (Å²) in [5, 5.41) is 6.61. The van der Waals surface area contributed by atoms with E-state index in [2.05, 4.69) is 10.6 Å². The second kappa shape index (κ2) is 10.8. The molecule has 1 aromatic rings. The molecule has 0 radical (unpaired) electrons. The highest BCUT2D eigenvalue weighted by molar-refractivity contribution is 7.99. The summed E-state index contributed by atoms with van der Waals surface area (Å²) in [7, 11) is 0. The largest absolute Gasteiger partial charge is 0.379 e. The SMILES string of the molecule is FC(F)Sc1ccc(NC(=S)NCCCOC[C@H]2CCCO2)cc1. The number of anilines is 1. The monoisotopic (exact) mass is 376 g/mol. The zero-order valence-corrected chi connectivity index (χ0v) is 14.9. The molecule has 0 amide bonds. The first-order valence-electron chi connectivity index (χ1n) is 7.92. The first-order chi connectivity index (χ1) is 11.6. The number of thioether (sulfide) groups is 1. The van der Waals surface area contributed by atoms with Gasteiger partial charge in [0.05, 0.1) is 12.7 Å². The summed E-state index contributed by atoms with van der Waals surface area (Å²) in [5.41, 5.74) is 0.765. The van der Waals surface area contributed by atoms with Gasteiger partial charge in [-0.15, -0.1) is 0 Å². The Morgan fingerprint density at radius 3 is 2.83 bits per heavy atom. The van der Waals surface area contributed by atoms with Gasteiger partial charge in [0.2, 0.25) is 0 Å². The average molecular weight is 376 g/mol. The van der Waals surface area contributed by atoms with Crippen molar-refractivity contribution in [2.75, 3.05) is 31.7 Å². The number of halogens is 2. The van der Waals surface area contributed by atoms with Crippen LogP contribution in [0.4, 0.5) is 14.5 Å². The van der Waals surface area contributed by atoms with E-state index in [0.29, 0.717) is 41.5 Å². The predicted octanol–water partition coefficient (Wildman–Crippen LogP) is 3.87. The molecule has 134 valence electrons. The van der Waals surface area contributed by atoms with Gasteiger partial charge in [-0.1, -0.05) is 11.8 Å². The van der Waals surface area contributed by atoms with Crippen LogP contribution in [0.25, 0.3) is 0 Å². The van der Waals surface area contributed by atoms with Gasteiger partial charge in [-0.05, 0) is 55.7 Å². The molecule has 1 aliphatic heterocycles. The topological polar surface area (TPSA) is 42.5 Å². The molecule has 1 aliphatic rings. The second-order valence-electron chi connectivity index (χ2n) is 5.35. The lowest BCUT2D eigenvalue weighted by molar-refractivity contribution is 0.0168. The molecule has 0 unspecified atom stereocenters. The van der Waals surface area contributed by atoms with E-state index in [0.717, 1.165) is 31.6 Å². The summed E-state index contributed by atoms with van der Waals surface area (Å²) >= 11 is 5.72. The van der Waals surface area contributed by atoms with E-state index < -0.39 is 5.76 Å². The molecule has 1 fully saturated rings. The molecule has 1 heterocycles. The molecular weight excluding hydrogens is 354 g/mol. The fraction of sp³-hybridized carbons (Fsp3) is 0.562. The van der Waals surface area contributed by atoms with Gasteiger partial charge in [0.15, 0.2) is 5.11 Å². The van der Waals surface area contributed by atoms with Gasteiger partial charge in [0.25, 0.3) is 5.76 Å². The maximum absolute atomic E-state index is 12.2. The number of thiocarbonyl (C=S) groups is 1. The second-order valence-corrected chi connectivity index (χ2v) is 6.82. The molecule has 1 atom stereocenters.